The number of aromatic nitrogens is 4. The molecular weight excluding hydrogens is 378 g/mol. The number of benzene rings is 2. The minimum Gasteiger partial charge on any atom is -0.497 e. The van der Waals surface area contributed by atoms with Gasteiger partial charge in [0, 0.05) is 18.3 Å². The average molecular weight is 397 g/mol. The maximum Gasteiger partial charge on any atom is 0.237 e. The van der Waals surface area contributed by atoms with E-state index in [1.807, 2.05) is 29.2 Å². The van der Waals surface area contributed by atoms with Gasteiger partial charge in [-0.05, 0) is 40.6 Å². The molecule has 2 heterocycles. The molecule has 8 nitrogen and oxygen atoms in total. The number of carbonyl (C=O) groups excluding carboxylic acids is 1. The molecule has 144 valence electrons. The van der Waals surface area contributed by atoms with E-state index in [4.69, 9.17) is 9.47 Å². The molecule has 1 aliphatic rings. The number of fused-ring (bicyclic) bond motifs is 1. The van der Waals surface area contributed by atoms with Gasteiger partial charge in [-0.3, -0.25) is 4.79 Å². The Morgan fingerprint density at radius 3 is 2.82 bits per heavy atom. The Kier molecular flexibility index (Phi) is 5.16. The van der Waals surface area contributed by atoms with Gasteiger partial charge in [-0.25, -0.2) is 0 Å². The lowest BCUT2D eigenvalue weighted by Crippen LogP contribution is -2.30. The third-order valence-electron chi connectivity index (χ3n) is 4.57. The monoisotopic (exact) mass is 397 g/mol. The molecule has 3 aromatic rings. The second-order valence-corrected chi connectivity index (χ2v) is 7.07. The van der Waals surface area contributed by atoms with E-state index in [1.54, 1.807) is 31.0 Å². The van der Waals surface area contributed by atoms with Crippen molar-refractivity contribution in [2.45, 2.75) is 11.6 Å². The van der Waals surface area contributed by atoms with Crippen LogP contribution < -0.4 is 14.4 Å². The number of ether oxygens (including phenoxy) is 2. The molecule has 1 aliphatic heterocycles. The van der Waals surface area contributed by atoms with Crippen molar-refractivity contribution in [2.24, 2.45) is 0 Å². The summed E-state index contributed by atoms with van der Waals surface area (Å²) in [6.45, 7) is 0.704. The van der Waals surface area contributed by atoms with Gasteiger partial charge in [-0.15, -0.1) is 5.10 Å². The number of rotatable bonds is 6. The fraction of sp³-hybridized carbons (Fsp3) is 0.263. The minimum absolute atomic E-state index is 0.0335. The first-order valence-electron chi connectivity index (χ1n) is 8.73. The van der Waals surface area contributed by atoms with Crippen LogP contribution in [0.1, 0.15) is 5.56 Å². The van der Waals surface area contributed by atoms with Crippen LogP contribution in [0.2, 0.25) is 0 Å². The van der Waals surface area contributed by atoms with E-state index < -0.39 is 0 Å². The molecule has 0 bridgehead atoms. The molecule has 1 aromatic heterocycles. The third kappa shape index (κ3) is 3.40. The predicted octanol–water partition coefficient (Wildman–Crippen LogP) is 2.36. The first-order chi connectivity index (χ1) is 13.7. The van der Waals surface area contributed by atoms with Crippen LogP contribution in [0.15, 0.2) is 47.6 Å². The van der Waals surface area contributed by atoms with Crippen LogP contribution in [-0.2, 0) is 11.2 Å². The molecule has 0 aliphatic carbocycles. The lowest BCUT2D eigenvalue weighted by Gasteiger charge is -2.17. The molecule has 0 saturated carbocycles. The number of para-hydroxylation sites is 1. The number of methoxy groups -OCH3 is 2. The van der Waals surface area contributed by atoms with Crippen molar-refractivity contribution in [1.82, 2.24) is 20.2 Å². The molecule has 1 amide bonds. The quantitative estimate of drug-likeness (QED) is 0.591. The molecular formula is C19H19N5O3S. The Morgan fingerprint density at radius 2 is 2.00 bits per heavy atom. The summed E-state index contributed by atoms with van der Waals surface area (Å²) in [5.41, 5.74) is 2.87. The van der Waals surface area contributed by atoms with Crippen LogP contribution >= 0.6 is 11.8 Å². The minimum atomic E-state index is 0.0335. The summed E-state index contributed by atoms with van der Waals surface area (Å²) < 4.78 is 12.2. The van der Waals surface area contributed by atoms with Crippen LogP contribution in [0.3, 0.4) is 0 Å². The van der Waals surface area contributed by atoms with E-state index in [2.05, 4.69) is 21.6 Å². The zero-order chi connectivity index (χ0) is 19.5. The van der Waals surface area contributed by atoms with E-state index in [1.165, 1.54) is 17.3 Å². The molecule has 9 heteroatoms. The van der Waals surface area contributed by atoms with Gasteiger partial charge in [0.25, 0.3) is 0 Å². The Labute approximate surface area is 166 Å². The fourth-order valence-corrected chi connectivity index (χ4v) is 3.94. The molecule has 0 atom stereocenters. The largest absolute Gasteiger partial charge is 0.497 e. The summed E-state index contributed by atoms with van der Waals surface area (Å²) in [5.74, 6) is 1.53. The predicted molar refractivity (Wildman–Crippen MR) is 105 cm³/mol. The second kappa shape index (κ2) is 7.89. The van der Waals surface area contributed by atoms with Crippen molar-refractivity contribution in [2.75, 3.05) is 31.4 Å². The Morgan fingerprint density at radius 1 is 1.14 bits per heavy atom. The van der Waals surface area contributed by atoms with Crippen molar-refractivity contribution in [3.8, 4) is 17.2 Å². The van der Waals surface area contributed by atoms with Crippen molar-refractivity contribution in [3.05, 3.63) is 48.0 Å². The van der Waals surface area contributed by atoms with Crippen LogP contribution in [0.4, 0.5) is 5.69 Å². The fourth-order valence-electron chi connectivity index (χ4n) is 3.18. The van der Waals surface area contributed by atoms with Crippen LogP contribution in [0.5, 0.6) is 11.5 Å². The molecule has 0 N–H and O–H groups in total. The molecule has 28 heavy (non-hydrogen) atoms. The van der Waals surface area contributed by atoms with Crippen LogP contribution in [-0.4, -0.2) is 52.6 Å². The summed E-state index contributed by atoms with van der Waals surface area (Å²) in [7, 11) is 3.17. The summed E-state index contributed by atoms with van der Waals surface area (Å²) in [6.07, 6.45) is 0.882. The van der Waals surface area contributed by atoms with Crippen LogP contribution in [0.25, 0.3) is 5.69 Å². The average Bonchev–Trinajstić information content (AvgIpc) is 3.38. The number of hydrogen-bond acceptors (Lipinski definition) is 7. The van der Waals surface area contributed by atoms with Gasteiger partial charge in [-0.2, -0.15) is 4.68 Å². The van der Waals surface area contributed by atoms with E-state index in [9.17, 15) is 4.79 Å². The van der Waals surface area contributed by atoms with Gasteiger partial charge >= 0.3 is 0 Å². The first-order valence-corrected chi connectivity index (χ1v) is 9.71. The molecule has 0 spiro atoms. The highest BCUT2D eigenvalue weighted by Crippen LogP contribution is 2.31. The lowest BCUT2D eigenvalue weighted by atomic mass is 10.2. The summed E-state index contributed by atoms with van der Waals surface area (Å²) in [6, 6.07) is 13.4. The smallest absolute Gasteiger partial charge is 0.237 e. The van der Waals surface area contributed by atoms with Gasteiger partial charge in [0.1, 0.15) is 17.2 Å². The molecule has 2 aromatic carbocycles. The molecule has 0 saturated heterocycles. The van der Waals surface area contributed by atoms with Gasteiger partial charge in [0.15, 0.2) is 0 Å². The van der Waals surface area contributed by atoms with E-state index in [0.717, 1.165) is 12.1 Å². The number of nitrogens with zero attached hydrogens (tertiary/aromatic N) is 5. The second-order valence-electron chi connectivity index (χ2n) is 6.12. The summed E-state index contributed by atoms with van der Waals surface area (Å²) in [5, 5.41) is 12.4. The number of tetrazole rings is 1. The SMILES string of the molecule is COc1ccc(-n2nnnc2SCC(=O)N2CCc3ccccc32)c(OC)c1. The maximum absolute atomic E-state index is 12.7. The molecule has 0 unspecified atom stereocenters. The number of hydrogen-bond donors (Lipinski definition) is 0. The highest BCUT2D eigenvalue weighted by atomic mass is 32.2. The topological polar surface area (TPSA) is 82.4 Å². The zero-order valence-electron chi connectivity index (χ0n) is 15.5. The molecule has 4 rings (SSSR count). The lowest BCUT2D eigenvalue weighted by molar-refractivity contribution is -0.116. The van der Waals surface area contributed by atoms with E-state index >= 15 is 0 Å². The highest BCUT2D eigenvalue weighted by molar-refractivity contribution is 7.99. The summed E-state index contributed by atoms with van der Waals surface area (Å²) >= 11 is 1.30. The van der Waals surface area contributed by atoms with Gasteiger partial charge in [0.05, 0.1) is 20.0 Å². The van der Waals surface area contributed by atoms with Gasteiger partial charge < -0.3 is 14.4 Å². The van der Waals surface area contributed by atoms with Crippen molar-refractivity contribution in [1.29, 1.82) is 0 Å². The molecule has 0 radical (unpaired) electrons. The van der Waals surface area contributed by atoms with Crippen LogP contribution in [0, 0.1) is 0 Å². The first kappa shape index (κ1) is 18.3. The van der Waals surface area contributed by atoms with E-state index in [0.29, 0.717) is 28.9 Å². The van der Waals surface area contributed by atoms with Crippen molar-refractivity contribution >= 4 is 23.4 Å². The van der Waals surface area contributed by atoms with Gasteiger partial charge in [-0.1, -0.05) is 30.0 Å². The normalized spacial score (nSPS) is 12.7. The van der Waals surface area contributed by atoms with Gasteiger partial charge in [0.2, 0.25) is 11.1 Å². The van der Waals surface area contributed by atoms with Crippen molar-refractivity contribution < 1.29 is 14.3 Å². The molecule has 0 fully saturated rings. The number of carbonyl (C=O) groups is 1. The third-order valence-corrected chi connectivity index (χ3v) is 5.47. The summed E-state index contributed by atoms with van der Waals surface area (Å²) in [4.78, 5) is 14.6. The maximum atomic E-state index is 12.7. The number of amides is 1. The zero-order valence-corrected chi connectivity index (χ0v) is 16.3. The number of thioether (sulfide) groups is 1. The number of anilines is 1. The van der Waals surface area contributed by atoms with E-state index in [-0.39, 0.29) is 11.7 Å². The Balaban J connectivity index is 1.51. The Bertz CT molecular complexity index is 1010. The van der Waals surface area contributed by atoms with Crippen molar-refractivity contribution in [3.63, 3.8) is 0 Å². The highest BCUT2D eigenvalue weighted by Gasteiger charge is 2.25. The Hall–Kier alpha value is -3.07. The standard InChI is InChI=1S/C19H19N5O3S/c1-26-14-7-8-16(17(11-14)27-2)24-19(20-21-22-24)28-12-18(25)23-10-9-13-5-3-4-6-15(13)23/h3-8,11H,9-10,12H2,1-2H3.